The summed E-state index contributed by atoms with van der Waals surface area (Å²) >= 11 is 3.16. The van der Waals surface area contributed by atoms with E-state index in [1.165, 1.54) is 0 Å². The van der Waals surface area contributed by atoms with Crippen LogP contribution in [0.2, 0.25) is 0 Å². The average molecular weight is 274 g/mol. The first-order valence-corrected chi connectivity index (χ1v) is 5.75. The van der Waals surface area contributed by atoms with Crippen LogP contribution in [0, 0.1) is 5.82 Å². The molecule has 0 radical (unpaired) electrons. The van der Waals surface area contributed by atoms with E-state index in [0.29, 0.717) is 22.9 Å². The number of halogens is 2. The van der Waals surface area contributed by atoms with Gasteiger partial charge in [-0.05, 0) is 52.4 Å². The molecule has 15 heavy (non-hydrogen) atoms. The largest absolute Gasteiger partial charge is 0.394 e. The van der Waals surface area contributed by atoms with Gasteiger partial charge in [-0.25, -0.2) is 4.39 Å². The van der Waals surface area contributed by atoms with Gasteiger partial charge < -0.3 is 10.8 Å². The number of rotatable bonds is 1. The zero-order chi connectivity index (χ0) is 11.1. The highest BCUT2D eigenvalue weighted by molar-refractivity contribution is 9.10. The molecule has 0 aromatic heterocycles. The van der Waals surface area contributed by atoms with E-state index in [0.717, 1.165) is 12.0 Å². The number of benzene rings is 1. The third-order valence-electron chi connectivity index (χ3n) is 3.06. The molecule has 0 unspecified atom stereocenters. The summed E-state index contributed by atoms with van der Waals surface area (Å²) in [5.41, 5.74) is 6.68. The van der Waals surface area contributed by atoms with Crippen molar-refractivity contribution in [1.82, 2.24) is 0 Å². The first kappa shape index (κ1) is 11.0. The molecule has 2 nitrogen and oxygen atoms in total. The van der Waals surface area contributed by atoms with Crippen molar-refractivity contribution in [2.45, 2.75) is 24.8 Å². The molecule has 1 atom stereocenters. The summed E-state index contributed by atoms with van der Waals surface area (Å²) in [4.78, 5) is 0. The minimum Gasteiger partial charge on any atom is -0.394 e. The van der Waals surface area contributed by atoms with Crippen LogP contribution in [0.4, 0.5) is 4.39 Å². The fraction of sp³-hybridized carbons (Fsp3) is 0.455. The molecule has 0 spiro atoms. The predicted molar refractivity (Wildman–Crippen MR) is 60.0 cm³/mol. The first-order valence-electron chi connectivity index (χ1n) is 4.95. The maximum atomic E-state index is 13.8. The van der Waals surface area contributed by atoms with Crippen molar-refractivity contribution in [3.63, 3.8) is 0 Å². The molecule has 1 aliphatic carbocycles. The smallest absolute Gasteiger partial charge is 0.140 e. The van der Waals surface area contributed by atoms with E-state index in [1.54, 1.807) is 12.1 Å². The zero-order valence-corrected chi connectivity index (χ0v) is 9.85. The van der Waals surface area contributed by atoms with E-state index in [-0.39, 0.29) is 12.4 Å². The molecule has 0 saturated carbocycles. The number of hydrogen-bond acceptors (Lipinski definition) is 2. The van der Waals surface area contributed by atoms with Gasteiger partial charge in [0.15, 0.2) is 0 Å². The summed E-state index contributed by atoms with van der Waals surface area (Å²) in [7, 11) is 0. The molecule has 0 aliphatic heterocycles. The molecule has 0 fully saturated rings. The maximum Gasteiger partial charge on any atom is 0.140 e. The van der Waals surface area contributed by atoms with Gasteiger partial charge in [0, 0.05) is 0 Å². The van der Waals surface area contributed by atoms with Gasteiger partial charge in [0.05, 0.1) is 16.6 Å². The van der Waals surface area contributed by atoms with E-state index >= 15 is 0 Å². The quantitative estimate of drug-likeness (QED) is 0.823. The molecular formula is C11H13BrFNO. The minimum atomic E-state index is -0.769. The second-order valence-corrected chi connectivity index (χ2v) is 4.91. The third kappa shape index (κ3) is 1.71. The minimum absolute atomic E-state index is 0.138. The van der Waals surface area contributed by atoms with Gasteiger partial charge in [-0.2, -0.15) is 0 Å². The van der Waals surface area contributed by atoms with Gasteiger partial charge in [-0.15, -0.1) is 0 Å². The Bertz CT molecular complexity index is 396. The molecule has 3 N–H and O–H groups in total. The Morgan fingerprint density at radius 1 is 1.53 bits per heavy atom. The van der Waals surface area contributed by atoms with Crippen LogP contribution >= 0.6 is 15.9 Å². The van der Waals surface area contributed by atoms with Crippen LogP contribution in [0.1, 0.15) is 24.0 Å². The molecule has 0 saturated heterocycles. The highest BCUT2D eigenvalue weighted by Crippen LogP contribution is 2.36. The topological polar surface area (TPSA) is 46.2 Å². The van der Waals surface area contributed by atoms with Gasteiger partial charge >= 0.3 is 0 Å². The number of aliphatic hydroxyl groups excluding tert-OH is 1. The monoisotopic (exact) mass is 273 g/mol. The Labute approximate surface area is 96.4 Å². The molecule has 1 aromatic rings. The Morgan fingerprint density at radius 2 is 2.27 bits per heavy atom. The number of fused-ring (bicyclic) bond motifs is 1. The Balaban J connectivity index is 2.59. The standard InChI is InChI=1S/C11H13BrFNO/c12-9-4-3-8-7(10(9)13)2-1-5-11(8,14)6-15/h3-4,15H,1-2,5-6,14H2/t11-/m1/s1. The maximum absolute atomic E-state index is 13.8. The van der Waals surface area contributed by atoms with E-state index in [1.807, 2.05) is 0 Å². The lowest BCUT2D eigenvalue weighted by atomic mass is 9.77. The van der Waals surface area contributed by atoms with Crippen LogP contribution in [0.5, 0.6) is 0 Å². The van der Waals surface area contributed by atoms with E-state index in [2.05, 4.69) is 15.9 Å². The summed E-state index contributed by atoms with van der Waals surface area (Å²) < 4.78 is 14.2. The highest BCUT2D eigenvalue weighted by Gasteiger charge is 2.33. The van der Waals surface area contributed by atoms with Crippen molar-refractivity contribution < 1.29 is 9.50 Å². The number of aliphatic hydroxyl groups is 1. The van der Waals surface area contributed by atoms with E-state index in [9.17, 15) is 9.50 Å². The van der Waals surface area contributed by atoms with Crippen molar-refractivity contribution in [2.75, 3.05) is 6.61 Å². The fourth-order valence-corrected chi connectivity index (χ4v) is 2.55. The molecule has 0 heterocycles. The van der Waals surface area contributed by atoms with Crippen LogP contribution in [0.25, 0.3) is 0 Å². The van der Waals surface area contributed by atoms with Crippen molar-refractivity contribution in [3.05, 3.63) is 33.5 Å². The predicted octanol–water partition coefficient (Wildman–Crippen LogP) is 2.07. The zero-order valence-electron chi connectivity index (χ0n) is 8.26. The van der Waals surface area contributed by atoms with Gasteiger partial charge in [-0.1, -0.05) is 6.07 Å². The van der Waals surface area contributed by atoms with Crippen LogP contribution in [0.3, 0.4) is 0 Å². The van der Waals surface area contributed by atoms with Crippen molar-refractivity contribution in [2.24, 2.45) is 5.73 Å². The molecule has 0 bridgehead atoms. The Hall–Kier alpha value is -0.450. The second-order valence-electron chi connectivity index (χ2n) is 4.06. The average Bonchev–Trinajstić information content (AvgIpc) is 2.24. The first-order chi connectivity index (χ1) is 7.08. The molecule has 2 rings (SSSR count). The molecule has 82 valence electrons. The van der Waals surface area contributed by atoms with Gasteiger partial charge in [0.1, 0.15) is 5.82 Å². The highest BCUT2D eigenvalue weighted by atomic mass is 79.9. The van der Waals surface area contributed by atoms with Crippen molar-refractivity contribution in [1.29, 1.82) is 0 Å². The lowest BCUT2D eigenvalue weighted by Crippen LogP contribution is -2.43. The fourth-order valence-electron chi connectivity index (χ4n) is 2.18. The normalized spacial score (nSPS) is 25.1. The molecule has 1 aliphatic rings. The summed E-state index contributed by atoms with van der Waals surface area (Å²) in [5, 5.41) is 9.30. The van der Waals surface area contributed by atoms with Crippen LogP contribution < -0.4 is 5.73 Å². The Morgan fingerprint density at radius 3 is 2.93 bits per heavy atom. The van der Waals surface area contributed by atoms with Gasteiger partial charge in [-0.3, -0.25) is 0 Å². The van der Waals surface area contributed by atoms with Crippen molar-refractivity contribution >= 4 is 15.9 Å². The third-order valence-corrected chi connectivity index (χ3v) is 3.68. The summed E-state index contributed by atoms with van der Waals surface area (Å²) in [6.07, 6.45) is 2.22. The molecule has 0 amide bonds. The van der Waals surface area contributed by atoms with Gasteiger partial charge in [0.25, 0.3) is 0 Å². The van der Waals surface area contributed by atoms with Crippen LogP contribution in [-0.2, 0) is 12.0 Å². The molecule has 4 heteroatoms. The number of nitrogens with two attached hydrogens (primary N) is 1. The summed E-state index contributed by atoms with van der Waals surface area (Å²) in [6.45, 7) is -0.138. The summed E-state index contributed by atoms with van der Waals surface area (Å²) in [5.74, 6) is -0.240. The SMILES string of the molecule is N[C@@]1(CO)CCCc2c1ccc(Br)c2F. The second kappa shape index (κ2) is 3.85. The Kier molecular flexibility index (Phi) is 2.83. The van der Waals surface area contributed by atoms with Crippen LogP contribution in [0.15, 0.2) is 16.6 Å². The number of hydrogen-bond donors (Lipinski definition) is 2. The van der Waals surface area contributed by atoms with Crippen LogP contribution in [-0.4, -0.2) is 11.7 Å². The lowest BCUT2D eigenvalue weighted by molar-refractivity contribution is 0.178. The summed E-state index contributed by atoms with van der Waals surface area (Å²) in [6, 6.07) is 3.45. The van der Waals surface area contributed by atoms with Crippen molar-refractivity contribution in [3.8, 4) is 0 Å². The molecule has 1 aromatic carbocycles. The lowest BCUT2D eigenvalue weighted by Gasteiger charge is -2.34. The van der Waals surface area contributed by atoms with Gasteiger partial charge in [0.2, 0.25) is 0 Å². The van der Waals surface area contributed by atoms with E-state index in [4.69, 9.17) is 5.73 Å². The molecular weight excluding hydrogens is 261 g/mol. The van der Waals surface area contributed by atoms with E-state index < -0.39 is 5.54 Å².